The SMILES string of the molecule is O=C(c1ccc2c(c1)CNC2)N1CCOC(c2ccc(Cl)cc2)C1. The zero-order valence-corrected chi connectivity index (χ0v) is 14.1. The average molecular weight is 343 g/mol. The molecule has 1 N–H and O–H groups in total. The molecule has 4 nitrogen and oxygen atoms in total. The van der Waals surface area contributed by atoms with E-state index in [9.17, 15) is 4.79 Å². The third-order valence-electron chi connectivity index (χ3n) is 4.68. The quantitative estimate of drug-likeness (QED) is 0.911. The molecule has 5 heteroatoms. The Morgan fingerprint density at radius 3 is 2.75 bits per heavy atom. The van der Waals surface area contributed by atoms with Crippen LogP contribution >= 0.6 is 11.6 Å². The van der Waals surface area contributed by atoms with Gasteiger partial charge in [0.2, 0.25) is 0 Å². The number of hydrogen-bond acceptors (Lipinski definition) is 3. The fourth-order valence-corrected chi connectivity index (χ4v) is 3.45. The lowest BCUT2D eigenvalue weighted by Gasteiger charge is -2.33. The summed E-state index contributed by atoms with van der Waals surface area (Å²) in [5.74, 6) is 0.0759. The fraction of sp³-hybridized carbons (Fsp3) is 0.316. The molecule has 1 unspecified atom stereocenters. The van der Waals surface area contributed by atoms with Gasteiger partial charge in [0.15, 0.2) is 0 Å². The molecule has 2 aliphatic heterocycles. The maximum Gasteiger partial charge on any atom is 0.254 e. The van der Waals surface area contributed by atoms with Gasteiger partial charge in [0, 0.05) is 30.2 Å². The van der Waals surface area contributed by atoms with Gasteiger partial charge in [-0.2, -0.15) is 0 Å². The molecule has 0 aromatic heterocycles. The molecule has 0 spiro atoms. The van der Waals surface area contributed by atoms with Gasteiger partial charge in [-0.05, 0) is 41.0 Å². The van der Waals surface area contributed by atoms with Gasteiger partial charge in [-0.1, -0.05) is 29.8 Å². The Labute approximate surface area is 146 Å². The van der Waals surface area contributed by atoms with Crippen LogP contribution in [-0.4, -0.2) is 30.5 Å². The first-order chi connectivity index (χ1) is 11.7. The average Bonchev–Trinajstić information content (AvgIpc) is 3.09. The molecule has 2 aromatic carbocycles. The Morgan fingerprint density at radius 1 is 1.12 bits per heavy atom. The topological polar surface area (TPSA) is 41.6 Å². The molecule has 1 amide bonds. The first-order valence-corrected chi connectivity index (χ1v) is 8.57. The Hall–Kier alpha value is -1.88. The highest BCUT2D eigenvalue weighted by molar-refractivity contribution is 6.30. The normalized spacial score (nSPS) is 20.0. The fourth-order valence-electron chi connectivity index (χ4n) is 3.32. The largest absolute Gasteiger partial charge is 0.370 e. The Bertz CT molecular complexity index is 760. The summed E-state index contributed by atoms with van der Waals surface area (Å²) in [5, 5.41) is 4.01. The monoisotopic (exact) mass is 342 g/mol. The molecule has 124 valence electrons. The summed E-state index contributed by atoms with van der Waals surface area (Å²) in [6, 6.07) is 13.6. The zero-order valence-electron chi connectivity index (χ0n) is 13.3. The van der Waals surface area contributed by atoms with E-state index in [0.29, 0.717) is 24.7 Å². The molecule has 2 heterocycles. The van der Waals surface area contributed by atoms with Crippen molar-refractivity contribution in [2.75, 3.05) is 19.7 Å². The Balaban J connectivity index is 1.51. The number of fused-ring (bicyclic) bond motifs is 1. The lowest BCUT2D eigenvalue weighted by Crippen LogP contribution is -2.42. The maximum absolute atomic E-state index is 12.9. The summed E-state index contributed by atoms with van der Waals surface area (Å²) >= 11 is 5.95. The number of nitrogens with zero attached hydrogens (tertiary/aromatic N) is 1. The van der Waals surface area contributed by atoms with Gasteiger partial charge in [0.25, 0.3) is 5.91 Å². The molecule has 1 saturated heterocycles. The molecule has 0 radical (unpaired) electrons. The predicted octanol–water partition coefficient (Wildman–Crippen LogP) is 3.16. The highest BCUT2D eigenvalue weighted by Crippen LogP contribution is 2.25. The summed E-state index contributed by atoms with van der Waals surface area (Å²) in [4.78, 5) is 14.7. The van der Waals surface area contributed by atoms with E-state index in [-0.39, 0.29) is 12.0 Å². The number of morpholine rings is 1. The molecule has 4 rings (SSSR count). The van der Waals surface area contributed by atoms with Crippen LogP contribution in [0.25, 0.3) is 0 Å². The second-order valence-corrected chi connectivity index (χ2v) is 6.69. The van der Waals surface area contributed by atoms with E-state index >= 15 is 0 Å². The molecule has 2 aliphatic rings. The molecular formula is C19H19ClN2O2. The van der Waals surface area contributed by atoms with Crippen molar-refractivity contribution < 1.29 is 9.53 Å². The van der Waals surface area contributed by atoms with Gasteiger partial charge in [0.1, 0.15) is 6.10 Å². The number of hydrogen-bond donors (Lipinski definition) is 1. The summed E-state index contributed by atoms with van der Waals surface area (Å²) in [7, 11) is 0. The van der Waals surface area contributed by atoms with Crippen molar-refractivity contribution >= 4 is 17.5 Å². The number of rotatable bonds is 2. The zero-order chi connectivity index (χ0) is 16.5. The second kappa shape index (κ2) is 6.55. The van der Waals surface area contributed by atoms with Crippen LogP contribution in [-0.2, 0) is 17.8 Å². The van der Waals surface area contributed by atoms with Gasteiger partial charge in [-0.15, -0.1) is 0 Å². The standard InChI is InChI=1S/C19H19ClN2O2/c20-17-5-3-13(4-6-17)18-12-22(7-8-24-18)19(23)14-1-2-15-10-21-11-16(15)9-14/h1-6,9,18,21H,7-8,10-12H2. The summed E-state index contributed by atoms with van der Waals surface area (Å²) in [6.07, 6.45) is -0.101. The molecule has 1 atom stereocenters. The minimum atomic E-state index is -0.101. The number of ether oxygens (including phenoxy) is 1. The van der Waals surface area contributed by atoms with E-state index in [0.717, 1.165) is 24.2 Å². The van der Waals surface area contributed by atoms with Gasteiger partial charge in [0.05, 0.1) is 13.2 Å². The van der Waals surface area contributed by atoms with Crippen molar-refractivity contribution in [2.24, 2.45) is 0 Å². The van der Waals surface area contributed by atoms with Crippen LogP contribution < -0.4 is 5.32 Å². The number of halogens is 1. The lowest BCUT2D eigenvalue weighted by atomic mass is 10.0. The summed E-state index contributed by atoms with van der Waals surface area (Å²) in [6.45, 7) is 3.46. The van der Waals surface area contributed by atoms with E-state index in [1.807, 2.05) is 41.3 Å². The summed E-state index contributed by atoms with van der Waals surface area (Å²) in [5.41, 5.74) is 4.32. The minimum absolute atomic E-state index is 0.0759. The third kappa shape index (κ3) is 3.05. The first-order valence-electron chi connectivity index (χ1n) is 8.19. The Morgan fingerprint density at radius 2 is 1.92 bits per heavy atom. The number of nitrogens with one attached hydrogen (secondary N) is 1. The highest BCUT2D eigenvalue weighted by Gasteiger charge is 2.26. The molecule has 0 aliphatic carbocycles. The van der Waals surface area contributed by atoms with Crippen molar-refractivity contribution in [3.8, 4) is 0 Å². The number of carbonyl (C=O) groups excluding carboxylic acids is 1. The van der Waals surface area contributed by atoms with Crippen molar-refractivity contribution in [2.45, 2.75) is 19.2 Å². The van der Waals surface area contributed by atoms with Crippen LogP contribution in [0.2, 0.25) is 5.02 Å². The molecule has 2 aromatic rings. The number of amides is 1. The van der Waals surface area contributed by atoms with Gasteiger partial charge >= 0.3 is 0 Å². The van der Waals surface area contributed by atoms with Gasteiger partial charge in [-0.3, -0.25) is 4.79 Å². The minimum Gasteiger partial charge on any atom is -0.370 e. The van der Waals surface area contributed by atoms with Crippen LogP contribution in [0.4, 0.5) is 0 Å². The highest BCUT2D eigenvalue weighted by atomic mass is 35.5. The smallest absolute Gasteiger partial charge is 0.254 e. The van der Waals surface area contributed by atoms with Gasteiger partial charge in [-0.25, -0.2) is 0 Å². The van der Waals surface area contributed by atoms with Crippen LogP contribution in [0.15, 0.2) is 42.5 Å². The lowest BCUT2D eigenvalue weighted by molar-refractivity contribution is -0.0228. The summed E-state index contributed by atoms with van der Waals surface area (Å²) < 4.78 is 5.85. The van der Waals surface area contributed by atoms with Crippen LogP contribution in [0.1, 0.15) is 33.2 Å². The van der Waals surface area contributed by atoms with E-state index in [2.05, 4.69) is 11.4 Å². The predicted molar refractivity (Wildman–Crippen MR) is 93.0 cm³/mol. The molecule has 1 fully saturated rings. The third-order valence-corrected chi connectivity index (χ3v) is 4.93. The van der Waals surface area contributed by atoms with E-state index in [1.54, 1.807) is 0 Å². The van der Waals surface area contributed by atoms with Crippen molar-refractivity contribution in [3.05, 3.63) is 69.7 Å². The molecule has 0 bridgehead atoms. The van der Waals surface area contributed by atoms with E-state index in [4.69, 9.17) is 16.3 Å². The van der Waals surface area contributed by atoms with Crippen molar-refractivity contribution in [1.29, 1.82) is 0 Å². The molecule has 0 saturated carbocycles. The molecular weight excluding hydrogens is 324 g/mol. The second-order valence-electron chi connectivity index (χ2n) is 6.25. The van der Waals surface area contributed by atoms with E-state index in [1.165, 1.54) is 11.1 Å². The van der Waals surface area contributed by atoms with E-state index < -0.39 is 0 Å². The maximum atomic E-state index is 12.9. The van der Waals surface area contributed by atoms with Crippen LogP contribution in [0, 0.1) is 0 Å². The molecule has 24 heavy (non-hydrogen) atoms. The first kappa shape index (κ1) is 15.6. The Kier molecular flexibility index (Phi) is 4.27. The number of benzene rings is 2. The number of carbonyl (C=O) groups is 1. The van der Waals surface area contributed by atoms with Gasteiger partial charge < -0.3 is 15.0 Å². The van der Waals surface area contributed by atoms with Crippen LogP contribution in [0.5, 0.6) is 0 Å². The van der Waals surface area contributed by atoms with Crippen LogP contribution in [0.3, 0.4) is 0 Å². The van der Waals surface area contributed by atoms with Crippen molar-refractivity contribution in [3.63, 3.8) is 0 Å². The van der Waals surface area contributed by atoms with Crippen molar-refractivity contribution in [1.82, 2.24) is 10.2 Å².